The molecular formula is C15H20ClNO3. The van der Waals surface area contributed by atoms with Crippen molar-refractivity contribution in [3.8, 4) is 0 Å². The summed E-state index contributed by atoms with van der Waals surface area (Å²) in [6.45, 7) is 2.63. The molecule has 1 aliphatic rings. The summed E-state index contributed by atoms with van der Waals surface area (Å²) < 4.78 is 4.58. The Morgan fingerprint density at radius 2 is 2.00 bits per heavy atom. The van der Waals surface area contributed by atoms with Crippen LogP contribution >= 0.6 is 11.6 Å². The summed E-state index contributed by atoms with van der Waals surface area (Å²) in [4.78, 5) is 13.6. The number of likely N-dealkylation sites (tertiary alicyclic amines) is 1. The predicted octanol–water partition coefficient (Wildman–Crippen LogP) is 2.09. The Labute approximate surface area is 124 Å². The Bertz CT molecular complexity index is 441. The maximum atomic E-state index is 11.3. The summed E-state index contributed by atoms with van der Waals surface area (Å²) in [5.74, 6) is -0.523. The van der Waals surface area contributed by atoms with Gasteiger partial charge in [0.05, 0.1) is 7.11 Å². The van der Waals surface area contributed by atoms with E-state index in [0.29, 0.717) is 0 Å². The van der Waals surface area contributed by atoms with E-state index >= 15 is 0 Å². The topological polar surface area (TPSA) is 49.8 Å². The van der Waals surface area contributed by atoms with Crippen LogP contribution in [0.15, 0.2) is 24.3 Å². The van der Waals surface area contributed by atoms with Gasteiger partial charge >= 0.3 is 5.97 Å². The number of carbonyl (C=O) groups excluding carboxylic acids is 1. The molecule has 1 fully saturated rings. The maximum Gasteiger partial charge on any atom is 0.334 e. The van der Waals surface area contributed by atoms with Gasteiger partial charge in [-0.25, -0.2) is 4.79 Å². The molecule has 20 heavy (non-hydrogen) atoms. The van der Waals surface area contributed by atoms with Crippen molar-refractivity contribution in [3.05, 3.63) is 34.9 Å². The van der Waals surface area contributed by atoms with E-state index < -0.39 is 12.1 Å². The number of rotatable bonds is 4. The van der Waals surface area contributed by atoms with E-state index in [9.17, 15) is 9.90 Å². The lowest BCUT2D eigenvalue weighted by Gasteiger charge is -2.33. The largest absolute Gasteiger partial charge is 0.467 e. The molecule has 0 amide bonds. The third-order valence-electron chi connectivity index (χ3n) is 3.84. The fraction of sp³-hybridized carbons (Fsp3) is 0.533. The second-order valence-corrected chi connectivity index (χ2v) is 5.64. The van der Waals surface area contributed by atoms with Crippen LogP contribution in [-0.2, 0) is 16.1 Å². The molecular weight excluding hydrogens is 278 g/mol. The van der Waals surface area contributed by atoms with Gasteiger partial charge in [-0.05, 0) is 49.5 Å². The highest BCUT2D eigenvalue weighted by Crippen LogP contribution is 2.23. The van der Waals surface area contributed by atoms with E-state index in [4.69, 9.17) is 11.6 Å². The predicted molar refractivity (Wildman–Crippen MR) is 77.5 cm³/mol. The molecule has 1 saturated heterocycles. The third-order valence-corrected chi connectivity index (χ3v) is 4.09. The number of carbonyl (C=O) groups is 1. The van der Waals surface area contributed by atoms with Crippen LogP contribution < -0.4 is 0 Å². The van der Waals surface area contributed by atoms with E-state index in [0.717, 1.165) is 37.5 Å². The molecule has 4 nitrogen and oxygen atoms in total. The number of benzene rings is 1. The highest BCUT2D eigenvalue weighted by molar-refractivity contribution is 6.30. The fourth-order valence-electron chi connectivity index (χ4n) is 2.59. The van der Waals surface area contributed by atoms with Crippen molar-refractivity contribution < 1.29 is 14.6 Å². The van der Waals surface area contributed by atoms with Crippen molar-refractivity contribution in [2.75, 3.05) is 20.2 Å². The maximum absolute atomic E-state index is 11.3. The molecule has 0 radical (unpaired) electrons. The summed E-state index contributed by atoms with van der Waals surface area (Å²) in [5.41, 5.74) is 1.22. The Kier molecular flexibility index (Phi) is 5.40. The quantitative estimate of drug-likeness (QED) is 0.865. The highest BCUT2D eigenvalue weighted by atomic mass is 35.5. The van der Waals surface area contributed by atoms with Crippen LogP contribution in [0.4, 0.5) is 0 Å². The normalized spacial score (nSPS) is 18.8. The number of ether oxygens (including phenoxy) is 1. The third kappa shape index (κ3) is 3.95. The molecule has 0 aromatic heterocycles. The molecule has 0 saturated carbocycles. The molecule has 5 heteroatoms. The van der Waals surface area contributed by atoms with Crippen LogP contribution in [0.3, 0.4) is 0 Å². The fourth-order valence-corrected chi connectivity index (χ4v) is 2.71. The Balaban J connectivity index is 1.82. The lowest BCUT2D eigenvalue weighted by atomic mass is 9.91. The van der Waals surface area contributed by atoms with E-state index in [1.807, 2.05) is 24.3 Å². The van der Waals surface area contributed by atoms with Crippen LogP contribution in [0.25, 0.3) is 0 Å². The second kappa shape index (κ2) is 7.07. The van der Waals surface area contributed by atoms with Crippen LogP contribution in [0.2, 0.25) is 5.02 Å². The van der Waals surface area contributed by atoms with Gasteiger partial charge in [-0.1, -0.05) is 23.7 Å². The smallest absolute Gasteiger partial charge is 0.334 e. The number of aliphatic hydroxyl groups excluding tert-OH is 1. The van der Waals surface area contributed by atoms with E-state index in [-0.39, 0.29) is 5.92 Å². The first-order chi connectivity index (χ1) is 9.60. The molecule has 0 spiro atoms. The molecule has 1 atom stereocenters. The SMILES string of the molecule is COC(=O)C(O)C1CCN(Cc2ccc(Cl)cc2)CC1. The molecule has 1 heterocycles. The molecule has 1 aliphatic heterocycles. The number of piperidine rings is 1. The summed E-state index contributed by atoms with van der Waals surface area (Å²) in [6.07, 6.45) is 0.631. The highest BCUT2D eigenvalue weighted by Gasteiger charge is 2.30. The Hall–Kier alpha value is -1.10. The van der Waals surface area contributed by atoms with Gasteiger partial charge in [-0.3, -0.25) is 4.90 Å². The standard InChI is InChI=1S/C15H20ClNO3/c1-20-15(19)14(18)12-6-8-17(9-7-12)10-11-2-4-13(16)5-3-11/h2-5,12,14,18H,6-10H2,1H3. The molecule has 110 valence electrons. The number of esters is 1. The zero-order valence-electron chi connectivity index (χ0n) is 11.6. The van der Waals surface area contributed by atoms with Gasteiger partial charge in [0.1, 0.15) is 0 Å². The van der Waals surface area contributed by atoms with Crippen molar-refractivity contribution in [1.82, 2.24) is 4.90 Å². The van der Waals surface area contributed by atoms with Crippen LogP contribution in [0, 0.1) is 5.92 Å². The number of hydrogen-bond acceptors (Lipinski definition) is 4. The van der Waals surface area contributed by atoms with Crippen LogP contribution in [-0.4, -0.2) is 42.3 Å². The van der Waals surface area contributed by atoms with Crippen molar-refractivity contribution in [2.24, 2.45) is 5.92 Å². The molecule has 1 unspecified atom stereocenters. The molecule has 1 aromatic carbocycles. The average Bonchev–Trinajstić information content (AvgIpc) is 2.49. The minimum absolute atomic E-state index is 0.00363. The van der Waals surface area contributed by atoms with Gasteiger partial charge < -0.3 is 9.84 Å². The van der Waals surface area contributed by atoms with E-state index in [2.05, 4.69) is 9.64 Å². The molecule has 1 N–H and O–H groups in total. The molecule has 0 bridgehead atoms. The van der Waals surface area contributed by atoms with Crippen molar-refractivity contribution in [2.45, 2.75) is 25.5 Å². The first-order valence-electron chi connectivity index (χ1n) is 6.83. The van der Waals surface area contributed by atoms with Crippen molar-refractivity contribution >= 4 is 17.6 Å². The number of aliphatic hydroxyl groups is 1. The Morgan fingerprint density at radius 1 is 1.40 bits per heavy atom. The zero-order chi connectivity index (χ0) is 14.5. The summed E-state index contributed by atoms with van der Waals surface area (Å²) >= 11 is 5.87. The summed E-state index contributed by atoms with van der Waals surface area (Å²) in [6, 6.07) is 7.84. The second-order valence-electron chi connectivity index (χ2n) is 5.21. The lowest BCUT2D eigenvalue weighted by molar-refractivity contribution is -0.154. The lowest BCUT2D eigenvalue weighted by Crippen LogP contribution is -2.40. The number of methoxy groups -OCH3 is 1. The van der Waals surface area contributed by atoms with Crippen molar-refractivity contribution in [1.29, 1.82) is 0 Å². The number of nitrogens with zero attached hydrogens (tertiary/aromatic N) is 1. The van der Waals surface area contributed by atoms with E-state index in [1.54, 1.807) is 0 Å². The summed E-state index contributed by atoms with van der Waals surface area (Å²) in [5, 5.41) is 10.6. The first kappa shape index (κ1) is 15.3. The van der Waals surface area contributed by atoms with Crippen LogP contribution in [0.5, 0.6) is 0 Å². The van der Waals surface area contributed by atoms with Gasteiger partial charge in [-0.2, -0.15) is 0 Å². The number of hydrogen-bond donors (Lipinski definition) is 1. The van der Waals surface area contributed by atoms with Gasteiger partial charge in [0.2, 0.25) is 0 Å². The van der Waals surface area contributed by atoms with Gasteiger partial charge in [0.15, 0.2) is 6.10 Å². The molecule has 0 aliphatic carbocycles. The van der Waals surface area contributed by atoms with Gasteiger partial charge in [0, 0.05) is 11.6 Å². The number of halogens is 1. The van der Waals surface area contributed by atoms with Gasteiger partial charge in [0.25, 0.3) is 0 Å². The molecule has 2 rings (SSSR count). The van der Waals surface area contributed by atoms with E-state index in [1.165, 1.54) is 12.7 Å². The average molecular weight is 298 g/mol. The monoisotopic (exact) mass is 297 g/mol. The minimum atomic E-state index is -0.988. The zero-order valence-corrected chi connectivity index (χ0v) is 12.3. The van der Waals surface area contributed by atoms with Crippen molar-refractivity contribution in [3.63, 3.8) is 0 Å². The van der Waals surface area contributed by atoms with Crippen LogP contribution in [0.1, 0.15) is 18.4 Å². The summed E-state index contributed by atoms with van der Waals surface area (Å²) in [7, 11) is 1.31. The van der Waals surface area contributed by atoms with Gasteiger partial charge in [-0.15, -0.1) is 0 Å². The molecule has 1 aromatic rings. The Morgan fingerprint density at radius 3 is 2.55 bits per heavy atom. The first-order valence-corrected chi connectivity index (χ1v) is 7.20. The minimum Gasteiger partial charge on any atom is -0.467 e.